The zero-order valence-corrected chi connectivity index (χ0v) is 18.7. The lowest BCUT2D eigenvalue weighted by molar-refractivity contribution is 0.372. The molecule has 0 aliphatic carbocycles. The van der Waals surface area contributed by atoms with Gasteiger partial charge in [0, 0.05) is 57.0 Å². The van der Waals surface area contributed by atoms with Gasteiger partial charge in [-0.1, -0.05) is 24.3 Å². The Balaban J connectivity index is 0.00000240. The predicted octanol–water partition coefficient (Wildman–Crippen LogP) is 3.89. The zero-order chi connectivity index (χ0) is 19.3. The van der Waals surface area contributed by atoms with Gasteiger partial charge >= 0.3 is 0 Å². The van der Waals surface area contributed by atoms with E-state index in [4.69, 9.17) is 0 Å². The molecule has 1 aliphatic heterocycles. The summed E-state index contributed by atoms with van der Waals surface area (Å²) in [5.74, 6) is 0.696. The molecule has 2 aromatic carbocycles. The van der Waals surface area contributed by atoms with Gasteiger partial charge in [-0.15, -0.1) is 24.0 Å². The lowest BCUT2D eigenvalue weighted by atomic mass is 10.1. The summed E-state index contributed by atoms with van der Waals surface area (Å²) in [5, 5.41) is 4.62. The topological polar surface area (TPSA) is 43.8 Å². The molecule has 1 aliphatic rings. The number of rotatable bonds is 3. The van der Waals surface area contributed by atoms with Crippen LogP contribution in [0.2, 0.25) is 0 Å². The molecule has 29 heavy (non-hydrogen) atoms. The van der Waals surface area contributed by atoms with E-state index >= 15 is 0 Å². The number of pyridine rings is 1. The Kier molecular flexibility index (Phi) is 7.24. The van der Waals surface area contributed by atoms with E-state index in [0.29, 0.717) is 6.54 Å². The number of benzene rings is 2. The van der Waals surface area contributed by atoms with Gasteiger partial charge in [0.25, 0.3) is 0 Å². The van der Waals surface area contributed by atoms with Gasteiger partial charge < -0.3 is 15.1 Å². The van der Waals surface area contributed by atoms with E-state index in [1.165, 1.54) is 12.1 Å². The normalized spacial score (nSPS) is 14.6. The minimum atomic E-state index is -0.199. The van der Waals surface area contributed by atoms with Crippen LogP contribution in [0.15, 0.2) is 65.8 Å². The first-order valence-corrected chi connectivity index (χ1v) is 9.53. The van der Waals surface area contributed by atoms with Crippen LogP contribution in [0.4, 0.5) is 10.1 Å². The number of hydrogen-bond acceptors (Lipinski definition) is 3. The Bertz CT molecular complexity index is 963. The molecule has 152 valence electrons. The number of anilines is 1. The van der Waals surface area contributed by atoms with Crippen LogP contribution in [-0.4, -0.2) is 49.1 Å². The molecular weight excluding hydrogens is 480 g/mol. The monoisotopic (exact) mass is 505 g/mol. The first-order chi connectivity index (χ1) is 13.7. The molecule has 4 rings (SSSR count). The second kappa shape index (κ2) is 9.87. The molecule has 0 spiro atoms. The maximum Gasteiger partial charge on any atom is 0.194 e. The molecule has 7 heteroatoms. The summed E-state index contributed by atoms with van der Waals surface area (Å²) < 4.78 is 13.1. The third-order valence-electron chi connectivity index (χ3n) is 5.14. The van der Waals surface area contributed by atoms with Crippen LogP contribution in [0.3, 0.4) is 0 Å². The van der Waals surface area contributed by atoms with Crippen LogP contribution in [-0.2, 0) is 6.54 Å². The molecule has 1 fully saturated rings. The van der Waals surface area contributed by atoms with Crippen LogP contribution < -0.4 is 10.2 Å². The van der Waals surface area contributed by atoms with Crippen LogP contribution in [0.1, 0.15) is 5.56 Å². The number of piperazine rings is 1. The van der Waals surface area contributed by atoms with E-state index in [-0.39, 0.29) is 29.8 Å². The fourth-order valence-electron chi connectivity index (χ4n) is 3.64. The van der Waals surface area contributed by atoms with Gasteiger partial charge in [0.05, 0.1) is 5.52 Å². The van der Waals surface area contributed by atoms with Crippen molar-refractivity contribution in [1.82, 2.24) is 15.2 Å². The molecule has 2 heterocycles. The van der Waals surface area contributed by atoms with E-state index in [1.807, 2.05) is 31.4 Å². The quantitative estimate of drug-likeness (QED) is 0.334. The van der Waals surface area contributed by atoms with Crippen molar-refractivity contribution >= 4 is 46.5 Å². The van der Waals surface area contributed by atoms with Crippen LogP contribution >= 0.6 is 24.0 Å². The van der Waals surface area contributed by atoms with Crippen molar-refractivity contribution in [2.24, 2.45) is 4.99 Å². The highest BCUT2D eigenvalue weighted by molar-refractivity contribution is 14.0. The highest BCUT2D eigenvalue weighted by atomic mass is 127. The van der Waals surface area contributed by atoms with Crippen molar-refractivity contribution < 1.29 is 4.39 Å². The van der Waals surface area contributed by atoms with E-state index in [9.17, 15) is 4.39 Å². The number of hydrogen-bond donors (Lipinski definition) is 1. The molecule has 0 unspecified atom stereocenters. The van der Waals surface area contributed by atoms with Crippen molar-refractivity contribution in [3.05, 3.63) is 72.2 Å². The van der Waals surface area contributed by atoms with Crippen molar-refractivity contribution in [1.29, 1.82) is 0 Å². The molecule has 0 radical (unpaired) electrons. The molecule has 0 atom stereocenters. The van der Waals surface area contributed by atoms with Gasteiger partial charge in [-0.05, 0) is 35.9 Å². The molecule has 0 bridgehead atoms. The average Bonchev–Trinajstić information content (AvgIpc) is 2.75. The predicted molar refractivity (Wildman–Crippen MR) is 128 cm³/mol. The van der Waals surface area contributed by atoms with Crippen LogP contribution in [0, 0.1) is 5.82 Å². The van der Waals surface area contributed by atoms with Gasteiger partial charge in [-0.2, -0.15) is 0 Å². The van der Waals surface area contributed by atoms with Gasteiger partial charge in [0.15, 0.2) is 5.96 Å². The summed E-state index contributed by atoms with van der Waals surface area (Å²) >= 11 is 0. The standard InChI is InChI=1S/C22H24FN5.HI/c1-24-22(26-16-18-5-2-4-17-6-3-11-25-21(17)18)28-14-12-27(13-15-28)20-9-7-19(23)8-10-20;/h2-11H,12-16H2,1H3,(H,24,26);1H. The molecular formula is C22H25FIN5. The Morgan fingerprint density at radius 1 is 1.03 bits per heavy atom. The number of fused-ring (bicyclic) bond motifs is 1. The Morgan fingerprint density at radius 3 is 2.48 bits per heavy atom. The van der Waals surface area contributed by atoms with E-state index < -0.39 is 0 Å². The van der Waals surface area contributed by atoms with Crippen molar-refractivity contribution in [2.45, 2.75) is 6.54 Å². The lowest BCUT2D eigenvalue weighted by Gasteiger charge is -2.37. The van der Waals surface area contributed by atoms with Crippen molar-refractivity contribution in [2.75, 3.05) is 38.1 Å². The van der Waals surface area contributed by atoms with E-state index in [0.717, 1.165) is 54.3 Å². The number of nitrogens with zero attached hydrogens (tertiary/aromatic N) is 4. The summed E-state index contributed by atoms with van der Waals surface area (Å²) in [6.45, 7) is 4.17. The number of nitrogens with one attached hydrogen (secondary N) is 1. The second-order valence-electron chi connectivity index (χ2n) is 6.84. The summed E-state index contributed by atoms with van der Waals surface area (Å²) in [6, 6.07) is 17.0. The molecule has 1 N–H and O–H groups in total. The first kappa shape index (κ1) is 21.3. The highest BCUT2D eigenvalue weighted by Gasteiger charge is 2.20. The van der Waals surface area contributed by atoms with Crippen molar-refractivity contribution in [3.8, 4) is 0 Å². The largest absolute Gasteiger partial charge is 0.368 e. The smallest absolute Gasteiger partial charge is 0.194 e. The summed E-state index contributed by atoms with van der Waals surface area (Å²) in [5.41, 5.74) is 3.24. The Morgan fingerprint density at radius 2 is 1.76 bits per heavy atom. The minimum Gasteiger partial charge on any atom is -0.368 e. The maximum absolute atomic E-state index is 13.1. The molecule has 0 saturated carbocycles. The lowest BCUT2D eigenvalue weighted by Crippen LogP contribution is -2.52. The fourth-order valence-corrected chi connectivity index (χ4v) is 3.64. The summed E-state index contributed by atoms with van der Waals surface area (Å²) in [4.78, 5) is 13.5. The van der Waals surface area contributed by atoms with Gasteiger partial charge in [0.1, 0.15) is 5.82 Å². The summed E-state index contributed by atoms with van der Waals surface area (Å²) in [6.07, 6.45) is 1.83. The van der Waals surface area contributed by atoms with Gasteiger partial charge in [-0.25, -0.2) is 4.39 Å². The molecule has 1 saturated heterocycles. The Labute approximate surface area is 187 Å². The average molecular weight is 505 g/mol. The number of guanidine groups is 1. The molecule has 5 nitrogen and oxygen atoms in total. The van der Waals surface area contributed by atoms with Crippen molar-refractivity contribution in [3.63, 3.8) is 0 Å². The summed E-state index contributed by atoms with van der Waals surface area (Å²) in [7, 11) is 1.82. The van der Waals surface area contributed by atoms with E-state index in [1.54, 1.807) is 0 Å². The fraction of sp³-hybridized carbons (Fsp3) is 0.273. The molecule has 0 amide bonds. The van der Waals surface area contributed by atoms with Gasteiger partial charge in [-0.3, -0.25) is 9.98 Å². The number of halogens is 2. The third-order valence-corrected chi connectivity index (χ3v) is 5.14. The van der Waals surface area contributed by atoms with E-state index in [2.05, 4.69) is 49.4 Å². The minimum absolute atomic E-state index is 0. The Hall–Kier alpha value is -2.42. The van der Waals surface area contributed by atoms with Crippen LogP contribution in [0.5, 0.6) is 0 Å². The highest BCUT2D eigenvalue weighted by Crippen LogP contribution is 2.18. The molecule has 3 aromatic rings. The van der Waals surface area contributed by atoms with Gasteiger partial charge in [0.2, 0.25) is 0 Å². The second-order valence-corrected chi connectivity index (χ2v) is 6.84. The SMILES string of the molecule is CN=C(NCc1cccc2cccnc12)N1CCN(c2ccc(F)cc2)CC1.I. The number of aromatic nitrogens is 1. The zero-order valence-electron chi connectivity index (χ0n) is 16.4. The van der Waals surface area contributed by atoms with Crippen LogP contribution in [0.25, 0.3) is 10.9 Å². The third kappa shape index (κ3) is 4.95. The number of aliphatic imine (C=N–C) groups is 1. The maximum atomic E-state index is 13.1. The first-order valence-electron chi connectivity index (χ1n) is 9.53. The molecule has 1 aromatic heterocycles. The number of para-hydroxylation sites is 1.